The van der Waals surface area contributed by atoms with Gasteiger partial charge in [0.25, 0.3) is 0 Å². The predicted molar refractivity (Wildman–Crippen MR) is 138 cm³/mol. The van der Waals surface area contributed by atoms with Crippen LogP contribution in [0, 0.1) is 18.6 Å². The van der Waals surface area contributed by atoms with Crippen LogP contribution in [-0.4, -0.2) is 46.9 Å². The van der Waals surface area contributed by atoms with E-state index >= 15 is 4.39 Å². The van der Waals surface area contributed by atoms with E-state index in [1.165, 1.54) is 29.2 Å². The maximum Gasteiger partial charge on any atom is 0.371 e. The molecule has 3 aromatic rings. The molecule has 1 unspecified atom stereocenters. The smallest absolute Gasteiger partial charge is 0.371 e. The number of carbonyl (C=O) groups excluding carboxylic acids is 2. The maximum absolute atomic E-state index is 16.2. The van der Waals surface area contributed by atoms with Crippen molar-refractivity contribution in [3.8, 4) is 5.75 Å². The number of nitrogens with one attached hydrogen (secondary N) is 2. The zero-order valence-corrected chi connectivity index (χ0v) is 21.0. The van der Waals surface area contributed by atoms with E-state index in [0.29, 0.717) is 18.5 Å². The number of hydrogen-bond acceptors (Lipinski definition) is 5. The number of likely N-dealkylation sites (tertiary alicyclic amines) is 1. The number of amides is 2. The van der Waals surface area contributed by atoms with Crippen LogP contribution >= 0.6 is 0 Å². The summed E-state index contributed by atoms with van der Waals surface area (Å²) in [6, 6.07) is 13.1. The van der Waals surface area contributed by atoms with E-state index in [-0.39, 0.29) is 24.4 Å². The summed E-state index contributed by atoms with van der Waals surface area (Å²) in [5.41, 5.74) is 0.306. The number of benzene rings is 3. The highest BCUT2D eigenvalue weighted by Gasteiger charge is 2.48. The Balaban J connectivity index is 1.51. The molecule has 39 heavy (non-hydrogen) atoms. The number of carboxylic acid groups (broad SMARTS) is 1. The van der Waals surface area contributed by atoms with Crippen LogP contribution in [0.15, 0.2) is 60.7 Å². The minimum Gasteiger partial charge on any atom is -0.478 e. The van der Waals surface area contributed by atoms with Gasteiger partial charge in [0.2, 0.25) is 5.78 Å². The van der Waals surface area contributed by atoms with Gasteiger partial charge >= 0.3 is 18.0 Å². The van der Waals surface area contributed by atoms with E-state index in [1.54, 1.807) is 31.2 Å². The highest BCUT2D eigenvalue weighted by atomic mass is 19.2. The third-order valence-corrected chi connectivity index (χ3v) is 6.37. The second-order valence-corrected chi connectivity index (χ2v) is 9.08. The Kier molecular flexibility index (Phi) is 8.20. The fraction of sp³-hybridized carbons (Fsp3) is 0.250. The van der Waals surface area contributed by atoms with Gasteiger partial charge in [-0.05, 0) is 67.3 Å². The first kappa shape index (κ1) is 27.6. The van der Waals surface area contributed by atoms with Crippen molar-refractivity contribution in [2.75, 3.05) is 23.7 Å². The first-order valence-corrected chi connectivity index (χ1v) is 12.2. The largest absolute Gasteiger partial charge is 0.478 e. The van der Waals surface area contributed by atoms with Gasteiger partial charge in [0.05, 0.1) is 11.3 Å². The zero-order valence-electron chi connectivity index (χ0n) is 21.0. The van der Waals surface area contributed by atoms with E-state index in [1.807, 2.05) is 0 Å². The molecule has 0 spiro atoms. The molecule has 204 valence electrons. The van der Waals surface area contributed by atoms with Gasteiger partial charge in [-0.2, -0.15) is 4.39 Å². The van der Waals surface area contributed by atoms with E-state index in [9.17, 15) is 23.2 Å². The Morgan fingerprint density at radius 2 is 1.56 bits per heavy atom. The number of ketones is 1. The number of Topliss-reactive ketones (excluding diaryl/α,β-unsaturated/α-hetero) is 1. The molecular formula is C28H26F3N3O5. The molecule has 0 bridgehead atoms. The summed E-state index contributed by atoms with van der Waals surface area (Å²) in [6.07, 6.45) is 0.376. The van der Waals surface area contributed by atoms with Crippen molar-refractivity contribution in [2.45, 2.75) is 32.2 Å². The number of rotatable bonds is 9. The van der Waals surface area contributed by atoms with Crippen LogP contribution in [-0.2, 0) is 11.2 Å². The minimum absolute atomic E-state index is 0.0573. The lowest BCUT2D eigenvalue weighted by atomic mass is 10.0. The summed E-state index contributed by atoms with van der Waals surface area (Å²) in [5, 5.41) is 13.8. The number of hydrogen-bond donors (Lipinski definition) is 3. The number of aromatic carboxylic acids is 1. The highest BCUT2D eigenvalue weighted by molar-refractivity contribution is 6.00. The van der Waals surface area contributed by atoms with Crippen LogP contribution in [0.4, 0.5) is 29.3 Å². The van der Waals surface area contributed by atoms with Gasteiger partial charge in [-0.3, -0.25) is 4.79 Å². The second-order valence-electron chi connectivity index (χ2n) is 9.08. The number of para-hydroxylation sites is 1. The van der Waals surface area contributed by atoms with Crippen LogP contribution < -0.4 is 15.4 Å². The Bertz CT molecular complexity index is 1390. The predicted octanol–water partition coefficient (Wildman–Crippen LogP) is 5.53. The van der Waals surface area contributed by atoms with Crippen molar-refractivity contribution in [3.05, 3.63) is 89.0 Å². The monoisotopic (exact) mass is 541 g/mol. The topological polar surface area (TPSA) is 108 Å². The van der Waals surface area contributed by atoms with E-state index in [4.69, 9.17) is 9.84 Å². The van der Waals surface area contributed by atoms with E-state index < -0.39 is 53.1 Å². The molecule has 1 aliphatic rings. The van der Waals surface area contributed by atoms with Crippen molar-refractivity contribution in [2.24, 2.45) is 0 Å². The molecule has 11 heteroatoms. The van der Waals surface area contributed by atoms with E-state index in [0.717, 1.165) is 17.7 Å². The van der Waals surface area contributed by atoms with Gasteiger partial charge in [-0.25, -0.2) is 23.3 Å². The fourth-order valence-electron chi connectivity index (χ4n) is 4.22. The number of carboxylic acids is 1. The Morgan fingerprint density at radius 3 is 2.21 bits per heavy atom. The summed E-state index contributed by atoms with van der Waals surface area (Å²) in [6.45, 7) is 2.17. The number of nitrogens with zero attached hydrogens (tertiary/aromatic N) is 1. The quantitative estimate of drug-likeness (QED) is 0.308. The van der Waals surface area contributed by atoms with Crippen molar-refractivity contribution in [1.29, 1.82) is 0 Å². The van der Waals surface area contributed by atoms with Gasteiger partial charge in [0, 0.05) is 25.2 Å². The lowest BCUT2D eigenvalue weighted by Gasteiger charge is -2.33. The van der Waals surface area contributed by atoms with Crippen LogP contribution in [0.3, 0.4) is 0 Å². The van der Waals surface area contributed by atoms with Crippen LogP contribution in [0.25, 0.3) is 0 Å². The number of alkyl halides is 1. The molecule has 1 fully saturated rings. The first-order chi connectivity index (χ1) is 18.6. The average Bonchev–Trinajstić information content (AvgIpc) is 3.46. The van der Waals surface area contributed by atoms with Crippen molar-refractivity contribution in [3.63, 3.8) is 0 Å². The molecule has 2 amide bonds. The van der Waals surface area contributed by atoms with Gasteiger partial charge in [-0.15, -0.1) is 0 Å². The lowest BCUT2D eigenvalue weighted by molar-refractivity contribution is -0.191. The molecule has 0 radical (unpaired) electrons. The van der Waals surface area contributed by atoms with Gasteiger partial charge in [-0.1, -0.05) is 24.3 Å². The fourth-order valence-corrected chi connectivity index (χ4v) is 4.22. The molecular weight excluding hydrogens is 515 g/mol. The minimum atomic E-state index is -2.99. The van der Waals surface area contributed by atoms with Crippen molar-refractivity contribution < 1.29 is 37.4 Å². The number of aryl methyl sites for hydroxylation is 1. The second kappa shape index (κ2) is 11.6. The molecule has 0 aromatic heterocycles. The maximum atomic E-state index is 16.2. The summed E-state index contributed by atoms with van der Waals surface area (Å²) in [5.74, 6) is -8.26. The average molecular weight is 542 g/mol. The van der Waals surface area contributed by atoms with Crippen molar-refractivity contribution >= 4 is 29.2 Å². The molecule has 3 N–H and O–H groups in total. The summed E-state index contributed by atoms with van der Waals surface area (Å²) in [7, 11) is 0. The Labute approximate surface area is 222 Å². The first-order valence-electron chi connectivity index (χ1n) is 12.2. The van der Waals surface area contributed by atoms with Gasteiger partial charge in [0.15, 0.2) is 11.6 Å². The molecule has 3 aromatic carbocycles. The summed E-state index contributed by atoms with van der Waals surface area (Å²) < 4.78 is 51.4. The number of urea groups is 1. The number of ether oxygens (including phenoxy) is 1. The van der Waals surface area contributed by atoms with Gasteiger partial charge < -0.3 is 20.5 Å². The molecule has 0 aliphatic carbocycles. The number of carbonyl (C=O) groups is 3. The molecule has 1 saturated heterocycles. The number of halogens is 3. The lowest BCUT2D eigenvalue weighted by Crippen LogP contribution is -2.55. The molecule has 1 aliphatic heterocycles. The van der Waals surface area contributed by atoms with Gasteiger partial charge in [0.1, 0.15) is 5.75 Å². The molecule has 0 saturated carbocycles. The number of anilines is 2. The Hall–Kier alpha value is -4.38. The van der Waals surface area contributed by atoms with Crippen LogP contribution in [0.2, 0.25) is 0 Å². The zero-order chi connectivity index (χ0) is 28.2. The third-order valence-electron chi connectivity index (χ3n) is 6.37. The van der Waals surface area contributed by atoms with Crippen molar-refractivity contribution in [1.82, 2.24) is 4.90 Å². The molecule has 4 rings (SSSR count). The summed E-state index contributed by atoms with van der Waals surface area (Å²) >= 11 is 0. The SMILES string of the molecule is Cc1ccccc1NC(=O)Nc1ccc(CC(=O)C(F)(Oc2ccc(C(=O)O)cc2)N2CCCC2)c(F)c1F. The highest BCUT2D eigenvalue weighted by Crippen LogP contribution is 2.31. The molecule has 1 heterocycles. The van der Waals surface area contributed by atoms with Crippen LogP contribution in [0.1, 0.15) is 34.3 Å². The normalized spacial score (nSPS) is 14.9. The summed E-state index contributed by atoms with van der Waals surface area (Å²) in [4.78, 5) is 37.7. The van der Waals surface area contributed by atoms with Crippen LogP contribution in [0.5, 0.6) is 5.75 Å². The third kappa shape index (κ3) is 6.20. The standard InChI is InChI=1S/C28H26F3N3O5/c1-17-6-2-3-7-21(17)32-27(38)33-22-13-10-19(24(29)25(22)30)16-23(35)28(31,34-14-4-5-15-34)39-20-11-8-18(9-12-20)26(36)37/h2-3,6-13H,4-5,14-16H2,1H3,(H,36,37)(H2,32,33,38). The molecule has 8 nitrogen and oxygen atoms in total. The van der Waals surface area contributed by atoms with E-state index in [2.05, 4.69) is 10.6 Å². The molecule has 1 atom stereocenters. The Morgan fingerprint density at radius 1 is 0.923 bits per heavy atom.